The molecule has 0 bridgehead atoms. The van der Waals surface area contributed by atoms with E-state index in [-0.39, 0.29) is 24.8 Å². The van der Waals surface area contributed by atoms with Crippen molar-refractivity contribution in [2.45, 2.75) is 13.8 Å². The SMILES string of the molecule is CCOC(=O)CN(C)C(=O)c1nc(OC)ccc1C. The van der Waals surface area contributed by atoms with Gasteiger partial charge in [0.05, 0.1) is 13.7 Å². The number of aryl methyl sites for hydroxylation is 1. The maximum absolute atomic E-state index is 12.2. The van der Waals surface area contributed by atoms with Crippen LogP contribution in [-0.4, -0.2) is 49.1 Å². The Morgan fingerprint density at radius 3 is 2.63 bits per heavy atom. The van der Waals surface area contributed by atoms with Crippen molar-refractivity contribution in [1.82, 2.24) is 9.88 Å². The van der Waals surface area contributed by atoms with Crippen LogP contribution in [0.2, 0.25) is 0 Å². The Bertz CT molecular complexity index is 474. The highest BCUT2D eigenvalue weighted by molar-refractivity contribution is 5.95. The van der Waals surface area contributed by atoms with Crippen LogP contribution in [0.1, 0.15) is 23.0 Å². The van der Waals surface area contributed by atoms with Crippen molar-refractivity contribution in [3.05, 3.63) is 23.4 Å². The second-order valence-corrected chi connectivity index (χ2v) is 3.99. The van der Waals surface area contributed by atoms with Gasteiger partial charge in [-0.1, -0.05) is 6.07 Å². The molecule has 1 aromatic heterocycles. The number of hydrogen-bond donors (Lipinski definition) is 0. The molecule has 104 valence electrons. The zero-order valence-electron chi connectivity index (χ0n) is 11.6. The zero-order valence-corrected chi connectivity index (χ0v) is 11.6. The quantitative estimate of drug-likeness (QED) is 0.745. The number of methoxy groups -OCH3 is 1. The highest BCUT2D eigenvalue weighted by atomic mass is 16.5. The first-order chi connectivity index (χ1) is 8.99. The number of pyridine rings is 1. The molecule has 0 saturated heterocycles. The third kappa shape index (κ3) is 3.94. The molecule has 0 spiro atoms. The summed E-state index contributed by atoms with van der Waals surface area (Å²) in [6.07, 6.45) is 0. The van der Waals surface area contributed by atoms with E-state index in [4.69, 9.17) is 9.47 Å². The number of carbonyl (C=O) groups is 2. The summed E-state index contributed by atoms with van der Waals surface area (Å²) in [5.41, 5.74) is 0.993. The molecule has 0 saturated carbocycles. The minimum Gasteiger partial charge on any atom is -0.481 e. The van der Waals surface area contributed by atoms with Gasteiger partial charge < -0.3 is 14.4 Å². The summed E-state index contributed by atoms with van der Waals surface area (Å²) in [6.45, 7) is 3.67. The Morgan fingerprint density at radius 2 is 2.05 bits per heavy atom. The normalized spacial score (nSPS) is 9.89. The molecule has 1 aromatic rings. The van der Waals surface area contributed by atoms with Crippen molar-refractivity contribution in [2.24, 2.45) is 0 Å². The summed E-state index contributed by atoms with van der Waals surface area (Å²) in [5, 5.41) is 0. The van der Waals surface area contributed by atoms with Crippen LogP contribution in [-0.2, 0) is 9.53 Å². The first-order valence-corrected chi connectivity index (χ1v) is 5.92. The fourth-order valence-electron chi connectivity index (χ4n) is 1.49. The first kappa shape index (κ1) is 14.9. The van der Waals surface area contributed by atoms with E-state index in [1.807, 2.05) is 0 Å². The fraction of sp³-hybridized carbons (Fsp3) is 0.462. The molecule has 0 N–H and O–H groups in total. The summed E-state index contributed by atoms with van der Waals surface area (Å²) in [5.74, 6) is -0.429. The molecular formula is C13H18N2O4. The molecule has 1 rings (SSSR count). The van der Waals surface area contributed by atoms with Gasteiger partial charge in [0.15, 0.2) is 0 Å². The summed E-state index contributed by atoms with van der Waals surface area (Å²) in [7, 11) is 3.01. The maximum atomic E-state index is 12.2. The second-order valence-electron chi connectivity index (χ2n) is 3.99. The highest BCUT2D eigenvalue weighted by Crippen LogP contribution is 2.13. The van der Waals surface area contributed by atoms with Gasteiger partial charge >= 0.3 is 5.97 Å². The van der Waals surface area contributed by atoms with E-state index >= 15 is 0 Å². The lowest BCUT2D eigenvalue weighted by atomic mass is 10.2. The zero-order chi connectivity index (χ0) is 14.4. The largest absolute Gasteiger partial charge is 0.481 e. The van der Waals surface area contributed by atoms with E-state index < -0.39 is 5.97 Å². The van der Waals surface area contributed by atoms with E-state index in [2.05, 4.69) is 4.98 Å². The molecule has 1 amide bonds. The molecule has 6 heteroatoms. The number of aromatic nitrogens is 1. The van der Waals surface area contributed by atoms with Crippen molar-refractivity contribution < 1.29 is 19.1 Å². The molecule has 0 aliphatic rings. The van der Waals surface area contributed by atoms with Crippen LogP contribution in [0.3, 0.4) is 0 Å². The molecule has 6 nitrogen and oxygen atoms in total. The molecular weight excluding hydrogens is 248 g/mol. The molecule has 0 atom stereocenters. The van der Waals surface area contributed by atoms with E-state index in [9.17, 15) is 9.59 Å². The van der Waals surface area contributed by atoms with Crippen LogP contribution in [0.5, 0.6) is 5.88 Å². The van der Waals surface area contributed by atoms with E-state index in [1.165, 1.54) is 19.1 Å². The topological polar surface area (TPSA) is 68.7 Å². The van der Waals surface area contributed by atoms with Crippen molar-refractivity contribution in [2.75, 3.05) is 27.3 Å². The minimum absolute atomic E-state index is 0.106. The monoisotopic (exact) mass is 266 g/mol. The number of esters is 1. The number of nitrogens with zero attached hydrogens (tertiary/aromatic N) is 2. The Labute approximate surface area is 112 Å². The molecule has 19 heavy (non-hydrogen) atoms. The van der Waals surface area contributed by atoms with Crippen LogP contribution in [0.15, 0.2) is 12.1 Å². The first-order valence-electron chi connectivity index (χ1n) is 5.92. The van der Waals surface area contributed by atoms with Gasteiger partial charge in [0.2, 0.25) is 5.88 Å². The van der Waals surface area contributed by atoms with Crippen LogP contribution in [0, 0.1) is 6.92 Å². The van der Waals surface area contributed by atoms with Crippen LogP contribution in [0.25, 0.3) is 0 Å². The molecule has 0 unspecified atom stereocenters. The number of likely N-dealkylation sites (N-methyl/N-ethyl adjacent to an activating group) is 1. The molecule has 0 aliphatic heterocycles. The van der Waals surface area contributed by atoms with Gasteiger partial charge in [-0.25, -0.2) is 4.98 Å². The third-order valence-corrected chi connectivity index (χ3v) is 2.50. The minimum atomic E-state index is -0.445. The molecule has 0 aliphatic carbocycles. The summed E-state index contributed by atoms with van der Waals surface area (Å²) in [6, 6.07) is 3.43. The fourth-order valence-corrected chi connectivity index (χ4v) is 1.49. The van der Waals surface area contributed by atoms with Crippen LogP contribution in [0.4, 0.5) is 0 Å². The molecule has 0 radical (unpaired) electrons. The van der Waals surface area contributed by atoms with Gasteiger partial charge in [-0.05, 0) is 19.4 Å². The van der Waals surface area contributed by atoms with E-state index in [1.54, 1.807) is 26.0 Å². The van der Waals surface area contributed by atoms with Crippen molar-refractivity contribution in [3.8, 4) is 5.88 Å². The number of amides is 1. The Morgan fingerprint density at radius 1 is 1.37 bits per heavy atom. The van der Waals surface area contributed by atoms with Crippen LogP contribution >= 0.6 is 0 Å². The maximum Gasteiger partial charge on any atom is 0.325 e. The average molecular weight is 266 g/mol. The summed E-state index contributed by atoms with van der Waals surface area (Å²) in [4.78, 5) is 28.9. The van der Waals surface area contributed by atoms with Crippen LogP contribution < -0.4 is 4.74 Å². The lowest BCUT2D eigenvalue weighted by molar-refractivity contribution is -0.143. The van der Waals surface area contributed by atoms with E-state index in [0.29, 0.717) is 5.88 Å². The van der Waals surface area contributed by atoms with Gasteiger partial charge in [0, 0.05) is 13.1 Å². The van der Waals surface area contributed by atoms with Crippen molar-refractivity contribution in [3.63, 3.8) is 0 Å². The van der Waals surface area contributed by atoms with Gasteiger partial charge in [-0.3, -0.25) is 9.59 Å². The standard InChI is InChI=1S/C13H18N2O4/c1-5-19-11(16)8-15(3)13(17)12-9(2)6-7-10(14-12)18-4/h6-7H,5,8H2,1-4H3. The lowest BCUT2D eigenvalue weighted by Gasteiger charge is -2.16. The molecule has 0 fully saturated rings. The predicted octanol–water partition coefficient (Wildman–Crippen LogP) is 1.03. The van der Waals surface area contributed by atoms with Gasteiger partial charge in [-0.15, -0.1) is 0 Å². The molecule has 0 aromatic carbocycles. The predicted molar refractivity (Wildman–Crippen MR) is 69.1 cm³/mol. The summed E-state index contributed by atoms with van der Waals surface area (Å²) >= 11 is 0. The molecule has 1 heterocycles. The lowest BCUT2D eigenvalue weighted by Crippen LogP contribution is -2.34. The number of ether oxygens (including phenoxy) is 2. The number of hydrogen-bond acceptors (Lipinski definition) is 5. The average Bonchev–Trinajstić information content (AvgIpc) is 2.38. The Hall–Kier alpha value is -2.11. The van der Waals surface area contributed by atoms with Gasteiger partial charge in [0.1, 0.15) is 12.2 Å². The Kier molecular flexibility index (Phi) is 5.29. The number of rotatable bonds is 5. The van der Waals surface area contributed by atoms with E-state index in [0.717, 1.165) is 5.56 Å². The van der Waals surface area contributed by atoms with Crippen molar-refractivity contribution >= 4 is 11.9 Å². The third-order valence-electron chi connectivity index (χ3n) is 2.50. The highest BCUT2D eigenvalue weighted by Gasteiger charge is 2.19. The van der Waals surface area contributed by atoms with Gasteiger partial charge in [0.25, 0.3) is 5.91 Å². The number of carbonyl (C=O) groups excluding carboxylic acids is 2. The smallest absolute Gasteiger partial charge is 0.325 e. The second kappa shape index (κ2) is 6.72. The van der Waals surface area contributed by atoms with Gasteiger partial charge in [-0.2, -0.15) is 0 Å². The Balaban J connectivity index is 2.84. The van der Waals surface area contributed by atoms with Crippen molar-refractivity contribution in [1.29, 1.82) is 0 Å². The summed E-state index contributed by atoms with van der Waals surface area (Å²) < 4.78 is 9.78.